The third kappa shape index (κ3) is 3.02. The fourth-order valence-electron chi connectivity index (χ4n) is 2.71. The fourth-order valence-corrected chi connectivity index (χ4v) is 4.48. The smallest absolute Gasteiger partial charge is 0.241 e. The molecule has 0 aliphatic heterocycles. The topological polar surface area (TPSA) is 66.4 Å². The largest absolute Gasteiger partial charge is 0.392 e. The molecule has 0 radical (unpaired) electrons. The highest BCUT2D eigenvalue weighted by Gasteiger charge is 2.34. The SMILES string of the molecule is Cc1c(F)cc(CO)cc1S(=O)(=O)NC1(C)CCCC1. The molecular weight excluding hydrogens is 281 g/mol. The Hall–Kier alpha value is -0.980. The minimum atomic E-state index is -3.79. The summed E-state index contributed by atoms with van der Waals surface area (Å²) < 4.78 is 41.4. The molecule has 6 heteroatoms. The molecule has 0 saturated heterocycles. The average molecular weight is 301 g/mol. The quantitative estimate of drug-likeness (QED) is 0.896. The Balaban J connectivity index is 2.41. The summed E-state index contributed by atoms with van der Waals surface area (Å²) in [6.45, 7) is 2.91. The van der Waals surface area contributed by atoms with Gasteiger partial charge in [-0.25, -0.2) is 17.5 Å². The first kappa shape index (κ1) is 15.4. The molecule has 1 fully saturated rings. The van der Waals surface area contributed by atoms with E-state index in [0.717, 1.165) is 31.7 Å². The molecule has 1 aromatic rings. The highest BCUT2D eigenvalue weighted by molar-refractivity contribution is 7.89. The van der Waals surface area contributed by atoms with Gasteiger partial charge < -0.3 is 5.11 Å². The van der Waals surface area contributed by atoms with E-state index in [2.05, 4.69) is 4.72 Å². The van der Waals surface area contributed by atoms with Gasteiger partial charge in [-0.1, -0.05) is 12.8 Å². The van der Waals surface area contributed by atoms with Gasteiger partial charge in [-0.15, -0.1) is 0 Å². The Labute approximate surface area is 119 Å². The van der Waals surface area contributed by atoms with Crippen LogP contribution >= 0.6 is 0 Å². The Morgan fingerprint density at radius 2 is 1.95 bits per heavy atom. The molecule has 4 nitrogen and oxygen atoms in total. The lowest BCUT2D eigenvalue weighted by Crippen LogP contribution is -2.43. The van der Waals surface area contributed by atoms with Gasteiger partial charge in [0.2, 0.25) is 10.0 Å². The third-order valence-corrected chi connectivity index (χ3v) is 5.68. The van der Waals surface area contributed by atoms with E-state index in [1.165, 1.54) is 13.0 Å². The van der Waals surface area contributed by atoms with Gasteiger partial charge >= 0.3 is 0 Å². The summed E-state index contributed by atoms with van der Waals surface area (Å²) in [7, 11) is -3.79. The summed E-state index contributed by atoms with van der Waals surface area (Å²) >= 11 is 0. The van der Waals surface area contributed by atoms with Crippen molar-refractivity contribution in [2.75, 3.05) is 0 Å². The molecule has 0 bridgehead atoms. The molecule has 0 amide bonds. The second kappa shape index (κ2) is 5.42. The number of rotatable bonds is 4. The maximum atomic E-state index is 13.8. The molecule has 1 aromatic carbocycles. The van der Waals surface area contributed by atoms with Gasteiger partial charge in [0.1, 0.15) is 5.82 Å². The van der Waals surface area contributed by atoms with Crippen LogP contribution in [0.1, 0.15) is 43.7 Å². The maximum absolute atomic E-state index is 13.8. The van der Waals surface area contributed by atoms with E-state index in [1.807, 2.05) is 6.92 Å². The maximum Gasteiger partial charge on any atom is 0.241 e. The van der Waals surface area contributed by atoms with Crippen molar-refractivity contribution in [3.05, 3.63) is 29.1 Å². The number of nitrogens with one attached hydrogen (secondary N) is 1. The lowest BCUT2D eigenvalue weighted by molar-refractivity contribution is 0.281. The van der Waals surface area contributed by atoms with Crippen LogP contribution in [-0.2, 0) is 16.6 Å². The molecular formula is C14H20FNO3S. The summed E-state index contributed by atoms with van der Waals surface area (Å²) in [6.07, 6.45) is 3.55. The summed E-state index contributed by atoms with van der Waals surface area (Å²) in [5.74, 6) is -0.617. The van der Waals surface area contributed by atoms with Crippen LogP contribution in [0.2, 0.25) is 0 Å². The van der Waals surface area contributed by atoms with Crippen molar-refractivity contribution < 1.29 is 17.9 Å². The number of sulfonamides is 1. The normalized spacial score (nSPS) is 18.4. The number of aliphatic hydroxyl groups excluding tert-OH is 1. The van der Waals surface area contributed by atoms with Gasteiger partial charge in [-0.05, 0) is 44.4 Å². The number of hydrogen-bond donors (Lipinski definition) is 2. The number of benzene rings is 1. The van der Waals surface area contributed by atoms with Gasteiger partial charge in [-0.2, -0.15) is 0 Å². The van der Waals surface area contributed by atoms with Crippen LogP contribution < -0.4 is 4.72 Å². The zero-order chi connectivity index (χ0) is 15.0. The summed E-state index contributed by atoms with van der Waals surface area (Å²) in [6, 6.07) is 2.49. The zero-order valence-electron chi connectivity index (χ0n) is 11.7. The molecule has 0 aromatic heterocycles. The number of aliphatic hydroxyl groups is 1. The van der Waals surface area contributed by atoms with Crippen LogP contribution in [0.25, 0.3) is 0 Å². The van der Waals surface area contributed by atoms with E-state index < -0.39 is 28.0 Å². The van der Waals surface area contributed by atoms with Crippen LogP contribution in [0.5, 0.6) is 0 Å². The second-order valence-corrected chi connectivity index (χ2v) is 7.38. The zero-order valence-corrected chi connectivity index (χ0v) is 12.6. The Bertz CT molecular complexity index is 607. The molecule has 2 rings (SSSR count). The average Bonchev–Trinajstić information content (AvgIpc) is 2.77. The fraction of sp³-hybridized carbons (Fsp3) is 0.571. The molecule has 0 spiro atoms. The van der Waals surface area contributed by atoms with Crippen LogP contribution in [-0.4, -0.2) is 19.1 Å². The molecule has 0 heterocycles. The van der Waals surface area contributed by atoms with Crippen LogP contribution in [0.4, 0.5) is 4.39 Å². The predicted molar refractivity (Wildman–Crippen MR) is 74.3 cm³/mol. The standard InChI is InChI=1S/C14H20FNO3S/c1-10-12(15)7-11(9-17)8-13(10)20(18,19)16-14(2)5-3-4-6-14/h7-8,16-17H,3-6,9H2,1-2H3. The highest BCUT2D eigenvalue weighted by Crippen LogP contribution is 2.31. The predicted octanol–water partition coefficient (Wildman–Crippen LogP) is 2.24. The molecule has 20 heavy (non-hydrogen) atoms. The monoisotopic (exact) mass is 301 g/mol. The second-order valence-electron chi connectivity index (χ2n) is 5.73. The molecule has 1 aliphatic rings. The summed E-state index contributed by atoms with van der Waals surface area (Å²) in [5, 5.41) is 9.10. The summed E-state index contributed by atoms with van der Waals surface area (Å²) in [5.41, 5.74) is -0.127. The van der Waals surface area contributed by atoms with E-state index >= 15 is 0 Å². The number of halogens is 1. The molecule has 0 unspecified atom stereocenters. The Morgan fingerprint density at radius 3 is 2.50 bits per heavy atom. The van der Waals surface area contributed by atoms with Gasteiger partial charge in [-0.3, -0.25) is 0 Å². The van der Waals surface area contributed by atoms with Gasteiger partial charge in [0, 0.05) is 11.1 Å². The van der Waals surface area contributed by atoms with E-state index in [4.69, 9.17) is 5.11 Å². The molecule has 0 atom stereocenters. The van der Waals surface area contributed by atoms with Crippen molar-refractivity contribution >= 4 is 10.0 Å². The van der Waals surface area contributed by atoms with E-state index in [-0.39, 0.29) is 16.0 Å². The lowest BCUT2D eigenvalue weighted by atomic mass is 10.0. The van der Waals surface area contributed by atoms with Crippen molar-refractivity contribution in [2.45, 2.75) is 56.6 Å². The van der Waals surface area contributed by atoms with Crippen LogP contribution in [0.15, 0.2) is 17.0 Å². The summed E-state index contributed by atoms with van der Waals surface area (Å²) in [4.78, 5) is -0.0883. The molecule has 1 aliphatic carbocycles. The molecule has 1 saturated carbocycles. The van der Waals surface area contributed by atoms with E-state index in [1.54, 1.807) is 0 Å². The molecule has 2 N–H and O–H groups in total. The van der Waals surface area contributed by atoms with Crippen molar-refractivity contribution in [3.8, 4) is 0 Å². The van der Waals surface area contributed by atoms with Crippen LogP contribution in [0, 0.1) is 12.7 Å². The lowest BCUT2D eigenvalue weighted by Gasteiger charge is -2.25. The van der Waals surface area contributed by atoms with Gasteiger partial charge in [0.25, 0.3) is 0 Å². The van der Waals surface area contributed by atoms with Gasteiger partial charge in [0.15, 0.2) is 0 Å². The number of hydrogen-bond acceptors (Lipinski definition) is 3. The third-order valence-electron chi connectivity index (χ3n) is 3.92. The first-order chi connectivity index (χ1) is 9.27. The van der Waals surface area contributed by atoms with Crippen molar-refractivity contribution in [1.29, 1.82) is 0 Å². The van der Waals surface area contributed by atoms with Crippen molar-refractivity contribution in [1.82, 2.24) is 4.72 Å². The first-order valence-electron chi connectivity index (χ1n) is 6.71. The Morgan fingerprint density at radius 1 is 1.35 bits per heavy atom. The van der Waals surface area contributed by atoms with Gasteiger partial charge in [0.05, 0.1) is 11.5 Å². The Kier molecular flexibility index (Phi) is 4.18. The minimum absolute atomic E-state index is 0.0799. The molecule has 112 valence electrons. The van der Waals surface area contributed by atoms with Crippen LogP contribution in [0.3, 0.4) is 0 Å². The first-order valence-corrected chi connectivity index (χ1v) is 8.20. The van der Waals surface area contributed by atoms with Crippen molar-refractivity contribution in [3.63, 3.8) is 0 Å². The van der Waals surface area contributed by atoms with E-state index in [9.17, 15) is 12.8 Å². The minimum Gasteiger partial charge on any atom is -0.392 e. The van der Waals surface area contributed by atoms with E-state index in [0.29, 0.717) is 0 Å². The highest BCUT2D eigenvalue weighted by atomic mass is 32.2. The van der Waals surface area contributed by atoms with Crippen molar-refractivity contribution in [2.24, 2.45) is 0 Å².